The topological polar surface area (TPSA) is 0 Å². The maximum absolute atomic E-state index is 2.41. The Balaban J connectivity index is 0.000000531. The normalized spacial score (nSPS) is 18.1. The van der Waals surface area contributed by atoms with Crippen molar-refractivity contribution >= 4 is 0 Å². The van der Waals surface area contributed by atoms with Crippen molar-refractivity contribution in [2.75, 3.05) is 0 Å². The Labute approximate surface area is 94.7 Å². The molecule has 1 saturated carbocycles. The van der Waals surface area contributed by atoms with Gasteiger partial charge in [0.15, 0.2) is 0 Å². The zero-order valence-corrected chi connectivity index (χ0v) is 10.6. The van der Waals surface area contributed by atoms with Crippen LogP contribution in [0, 0.1) is 6.92 Å². The molecule has 2 rings (SSSR count). The summed E-state index contributed by atoms with van der Waals surface area (Å²) in [4.78, 5) is 0. The standard InChI is InChI=1S/C13H18.C2H6/c1-11-5-7-12(8-6-11)13(2)9-3-4-10-13;1-2/h5-8H,3-4,9-10H2,1-2H3;1-2H3. The predicted octanol–water partition coefficient (Wildman–Crippen LogP) is 4.85. The van der Waals surface area contributed by atoms with Crippen molar-refractivity contribution in [1.82, 2.24) is 0 Å². The summed E-state index contributed by atoms with van der Waals surface area (Å²) in [7, 11) is 0. The molecule has 0 bridgehead atoms. The Morgan fingerprint density at radius 2 is 1.40 bits per heavy atom. The average Bonchev–Trinajstić information content (AvgIpc) is 2.70. The molecule has 0 heterocycles. The number of hydrogen-bond donors (Lipinski definition) is 0. The second-order valence-electron chi connectivity index (χ2n) is 4.63. The van der Waals surface area contributed by atoms with E-state index in [0.29, 0.717) is 5.41 Å². The third-order valence-corrected chi connectivity index (χ3v) is 3.46. The average molecular weight is 204 g/mol. The lowest BCUT2D eigenvalue weighted by Gasteiger charge is -2.24. The number of aryl methyl sites for hydroxylation is 1. The van der Waals surface area contributed by atoms with Crippen molar-refractivity contribution in [3.63, 3.8) is 0 Å². The second kappa shape index (κ2) is 5.34. The summed E-state index contributed by atoms with van der Waals surface area (Å²) >= 11 is 0. The van der Waals surface area contributed by atoms with Gasteiger partial charge in [-0.3, -0.25) is 0 Å². The van der Waals surface area contributed by atoms with Crippen LogP contribution < -0.4 is 0 Å². The molecule has 84 valence electrons. The molecule has 0 saturated heterocycles. The number of rotatable bonds is 1. The first kappa shape index (κ1) is 12.3. The summed E-state index contributed by atoms with van der Waals surface area (Å²) in [5, 5.41) is 0. The molecule has 1 aliphatic rings. The zero-order valence-electron chi connectivity index (χ0n) is 10.6. The molecule has 1 aromatic carbocycles. The van der Waals surface area contributed by atoms with Crippen LogP contribution in [0.5, 0.6) is 0 Å². The van der Waals surface area contributed by atoms with Crippen molar-refractivity contribution in [2.45, 2.75) is 58.8 Å². The van der Waals surface area contributed by atoms with Gasteiger partial charge in [0.2, 0.25) is 0 Å². The molecule has 0 nitrogen and oxygen atoms in total. The van der Waals surface area contributed by atoms with Crippen molar-refractivity contribution < 1.29 is 0 Å². The molecular weight excluding hydrogens is 180 g/mol. The fourth-order valence-electron chi connectivity index (χ4n) is 2.40. The highest BCUT2D eigenvalue weighted by Gasteiger charge is 2.29. The highest BCUT2D eigenvalue weighted by atomic mass is 14.3. The van der Waals surface area contributed by atoms with Gasteiger partial charge < -0.3 is 0 Å². The molecule has 0 aromatic heterocycles. The lowest BCUT2D eigenvalue weighted by Crippen LogP contribution is -2.16. The smallest absolute Gasteiger partial charge is 0.00752 e. The Morgan fingerprint density at radius 3 is 1.87 bits per heavy atom. The molecule has 1 aromatic rings. The van der Waals surface area contributed by atoms with Crippen molar-refractivity contribution in [3.8, 4) is 0 Å². The van der Waals surface area contributed by atoms with Crippen molar-refractivity contribution in [3.05, 3.63) is 35.4 Å². The predicted molar refractivity (Wildman–Crippen MR) is 68.3 cm³/mol. The number of hydrogen-bond acceptors (Lipinski definition) is 0. The Kier molecular flexibility index (Phi) is 4.38. The minimum absolute atomic E-state index is 0.480. The molecule has 1 aliphatic carbocycles. The van der Waals surface area contributed by atoms with Gasteiger partial charge in [-0.15, -0.1) is 0 Å². The Bertz CT molecular complexity index is 275. The third kappa shape index (κ3) is 2.84. The molecule has 0 aliphatic heterocycles. The fourth-order valence-corrected chi connectivity index (χ4v) is 2.40. The monoisotopic (exact) mass is 204 g/mol. The van der Waals surface area contributed by atoms with E-state index in [9.17, 15) is 0 Å². The minimum Gasteiger partial charge on any atom is -0.0683 e. The first-order chi connectivity index (χ1) is 7.21. The van der Waals surface area contributed by atoms with Gasteiger partial charge >= 0.3 is 0 Å². The fraction of sp³-hybridized carbons (Fsp3) is 0.600. The Morgan fingerprint density at radius 1 is 0.933 bits per heavy atom. The lowest BCUT2D eigenvalue weighted by molar-refractivity contribution is 0.491. The van der Waals surface area contributed by atoms with Crippen LogP contribution in [-0.2, 0) is 5.41 Å². The van der Waals surface area contributed by atoms with Gasteiger partial charge in [0.05, 0.1) is 0 Å². The van der Waals surface area contributed by atoms with E-state index in [2.05, 4.69) is 38.1 Å². The van der Waals surface area contributed by atoms with E-state index >= 15 is 0 Å². The van der Waals surface area contributed by atoms with Crippen molar-refractivity contribution in [2.24, 2.45) is 0 Å². The van der Waals surface area contributed by atoms with Crippen LogP contribution in [0.1, 0.15) is 57.6 Å². The van der Waals surface area contributed by atoms with Crippen LogP contribution in [-0.4, -0.2) is 0 Å². The summed E-state index contributed by atoms with van der Waals surface area (Å²) in [6.45, 7) is 8.56. The highest BCUT2D eigenvalue weighted by molar-refractivity contribution is 5.28. The summed E-state index contributed by atoms with van der Waals surface area (Å²) < 4.78 is 0. The highest BCUT2D eigenvalue weighted by Crippen LogP contribution is 2.40. The maximum Gasteiger partial charge on any atom is -0.00752 e. The van der Waals surface area contributed by atoms with Crippen LogP contribution in [0.2, 0.25) is 0 Å². The van der Waals surface area contributed by atoms with Crippen molar-refractivity contribution in [1.29, 1.82) is 0 Å². The third-order valence-electron chi connectivity index (χ3n) is 3.46. The van der Waals surface area contributed by atoms with Gasteiger partial charge in [-0.2, -0.15) is 0 Å². The first-order valence-electron chi connectivity index (χ1n) is 6.28. The Hall–Kier alpha value is -0.780. The zero-order chi connectivity index (χ0) is 11.3. The summed E-state index contributed by atoms with van der Waals surface area (Å²) in [5.41, 5.74) is 3.38. The van der Waals surface area contributed by atoms with E-state index in [1.807, 2.05) is 13.8 Å². The molecule has 1 fully saturated rings. The van der Waals surface area contributed by atoms with Crippen LogP contribution >= 0.6 is 0 Å². The van der Waals surface area contributed by atoms with Crippen LogP contribution in [0.4, 0.5) is 0 Å². The minimum atomic E-state index is 0.480. The largest absolute Gasteiger partial charge is 0.0683 e. The van der Waals surface area contributed by atoms with E-state index in [4.69, 9.17) is 0 Å². The molecule has 0 unspecified atom stereocenters. The van der Waals surface area contributed by atoms with Crippen LogP contribution in [0.3, 0.4) is 0 Å². The maximum atomic E-state index is 2.41. The van der Waals surface area contributed by atoms with E-state index in [1.165, 1.54) is 36.8 Å². The quantitative estimate of drug-likeness (QED) is 0.613. The van der Waals surface area contributed by atoms with E-state index < -0.39 is 0 Å². The summed E-state index contributed by atoms with van der Waals surface area (Å²) in [6.07, 6.45) is 5.56. The molecule has 15 heavy (non-hydrogen) atoms. The summed E-state index contributed by atoms with van der Waals surface area (Å²) in [6, 6.07) is 9.08. The lowest BCUT2D eigenvalue weighted by atomic mass is 9.81. The van der Waals surface area contributed by atoms with Gasteiger partial charge in [0, 0.05) is 0 Å². The van der Waals surface area contributed by atoms with Gasteiger partial charge in [0.1, 0.15) is 0 Å². The van der Waals surface area contributed by atoms with Gasteiger partial charge in [-0.25, -0.2) is 0 Å². The van der Waals surface area contributed by atoms with Gasteiger partial charge in [-0.05, 0) is 30.7 Å². The van der Waals surface area contributed by atoms with E-state index in [-0.39, 0.29) is 0 Å². The van der Waals surface area contributed by atoms with E-state index in [1.54, 1.807) is 0 Å². The molecule has 0 atom stereocenters. The molecule has 0 radical (unpaired) electrons. The second-order valence-corrected chi connectivity index (χ2v) is 4.63. The molecule has 0 spiro atoms. The molecule has 0 N–H and O–H groups in total. The van der Waals surface area contributed by atoms with Crippen LogP contribution in [0.25, 0.3) is 0 Å². The molecular formula is C15H24. The summed E-state index contributed by atoms with van der Waals surface area (Å²) in [5.74, 6) is 0. The van der Waals surface area contributed by atoms with Gasteiger partial charge in [0.25, 0.3) is 0 Å². The van der Waals surface area contributed by atoms with Gasteiger partial charge in [-0.1, -0.05) is 63.4 Å². The number of benzene rings is 1. The molecule has 0 amide bonds. The van der Waals surface area contributed by atoms with E-state index in [0.717, 1.165) is 0 Å². The molecule has 0 heteroatoms. The SMILES string of the molecule is CC.Cc1ccc(C2(C)CCCC2)cc1. The van der Waals surface area contributed by atoms with Crippen LogP contribution in [0.15, 0.2) is 24.3 Å². The first-order valence-corrected chi connectivity index (χ1v) is 6.28.